The van der Waals surface area contributed by atoms with Gasteiger partial charge < -0.3 is 14.9 Å². The van der Waals surface area contributed by atoms with E-state index in [0.717, 1.165) is 11.5 Å². The van der Waals surface area contributed by atoms with Gasteiger partial charge in [0.05, 0.1) is 12.4 Å². The average Bonchev–Trinajstić information content (AvgIpc) is 2.59. The van der Waals surface area contributed by atoms with Crippen molar-refractivity contribution in [3.63, 3.8) is 0 Å². The Balaban J connectivity index is 2.31. The summed E-state index contributed by atoms with van der Waals surface area (Å²) in [5.41, 5.74) is 5.57. The molecule has 80 valence electrons. The minimum Gasteiger partial charge on any atom is -0.449 e. The molecule has 1 heterocycles. The van der Waals surface area contributed by atoms with Crippen molar-refractivity contribution >= 4 is 23.4 Å². The molecule has 3 nitrogen and oxygen atoms in total. The predicted molar refractivity (Wildman–Crippen MR) is 59.7 cm³/mol. The Bertz CT molecular complexity index is 267. The number of furan rings is 1. The number of ether oxygens (including phenoxy) is 1. The van der Waals surface area contributed by atoms with Crippen molar-refractivity contribution in [1.29, 1.82) is 0 Å². The normalized spacial score (nSPS) is 13.1. The Morgan fingerprint density at radius 1 is 1.64 bits per heavy atom. The molecule has 0 fully saturated rings. The van der Waals surface area contributed by atoms with Crippen LogP contribution in [0.1, 0.15) is 5.76 Å². The minimum absolute atomic E-state index is 0.309. The first-order valence-electron chi connectivity index (χ1n) is 4.31. The molecule has 5 heteroatoms. The number of thioether (sulfide) groups is 1. The molecule has 0 saturated carbocycles. The van der Waals surface area contributed by atoms with Crippen molar-refractivity contribution in [2.75, 3.05) is 20.3 Å². The lowest BCUT2D eigenvalue weighted by Gasteiger charge is -2.11. The molecule has 0 radical (unpaired) electrons. The first-order valence-corrected chi connectivity index (χ1v) is 5.73. The molecular weight excluding hydrogens is 222 g/mol. The van der Waals surface area contributed by atoms with Gasteiger partial charge in [-0.3, -0.25) is 0 Å². The highest BCUT2D eigenvalue weighted by Gasteiger charge is 2.08. The average molecular weight is 236 g/mol. The van der Waals surface area contributed by atoms with E-state index in [0.29, 0.717) is 23.6 Å². The number of hydrogen-bond donors (Lipinski definition) is 1. The fourth-order valence-corrected chi connectivity index (χ4v) is 2.08. The third-order valence-electron chi connectivity index (χ3n) is 1.71. The van der Waals surface area contributed by atoms with Crippen LogP contribution in [-0.2, 0) is 10.5 Å². The van der Waals surface area contributed by atoms with Crippen LogP contribution in [0, 0.1) is 0 Å². The van der Waals surface area contributed by atoms with Gasteiger partial charge in [-0.15, -0.1) is 11.8 Å². The summed E-state index contributed by atoms with van der Waals surface area (Å²) in [5.74, 6) is 1.65. The Labute approximate surface area is 92.9 Å². The summed E-state index contributed by atoms with van der Waals surface area (Å²) in [6, 6.07) is 3.61. The second-order valence-corrected chi connectivity index (χ2v) is 4.49. The van der Waals surface area contributed by atoms with Crippen LogP contribution in [0.3, 0.4) is 0 Å². The molecule has 0 saturated heterocycles. The van der Waals surface area contributed by atoms with Gasteiger partial charge in [0, 0.05) is 18.9 Å². The lowest BCUT2D eigenvalue weighted by Crippen LogP contribution is -2.21. The van der Waals surface area contributed by atoms with Crippen LogP contribution >= 0.6 is 23.4 Å². The van der Waals surface area contributed by atoms with Gasteiger partial charge in [0.1, 0.15) is 5.76 Å². The lowest BCUT2D eigenvalue weighted by atomic mass is 10.4. The second-order valence-electron chi connectivity index (χ2n) is 2.83. The maximum Gasteiger partial charge on any atom is 0.193 e. The summed E-state index contributed by atoms with van der Waals surface area (Å²) in [5, 5.41) is 0.737. The third kappa shape index (κ3) is 3.92. The van der Waals surface area contributed by atoms with E-state index in [1.807, 2.05) is 6.07 Å². The molecule has 1 atom stereocenters. The van der Waals surface area contributed by atoms with E-state index in [1.165, 1.54) is 0 Å². The van der Waals surface area contributed by atoms with E-state index in [4.69, 9.17) is 26.5 Å². The Morgan fingerprint density at radius 3 is 2.93 bits per heavy atom. The molecule has 0 aliphatic rings. The van der Waals surface area contributed by atoms with E-state index < -0.39 is 0 Å². The molecule has 0 aromatic carbocycles. The molecule has 1 rings (SSSR count). The van der Waals surface area contributed by atoms with Gasteiger partial charge in [0.15, 0.2) is 5.22 Å². The fraction of sp³-hybridized carbons (Fsp3) is 0.556. The third-order valence-corrected chi connectivity index (χ3v) is 3.16. The minimum atomic E-state index is 0.309. The predicted octanol–water partition coefficient (Wildman–Crippen LogP) is 2.14. The number of rotatable bonds is 6. The van der Waals surface area contributed by atoms with Crippen LogP contribution < -0.4 is 5.73 Å². The molecule has 0 aliphatic heterocycles. The van der Waals surface area contributed by atoms with Crippen molar-refractivity contribution in [3.05, 3.63) is 23.1 Å². The van der Waals surface area contributed by atoms with E-state index in [2.05, 4.69) is 0 Å². The summed E-state index contributed by atoms with van der Waals surface area (Å²) in [6.45, 7) is 1.27. The zero-order valence-corrected chi connectivity index (χ0v) is 9.61. The molecule has 1 aromatic heterocycles. The Kier molecular flexibility index (Phi) is 5.40. The van der Waals surface area contributed by atoms with Crippen LogP contribution in [0.15, 0.2) is 16.5 Å². The van der Waals surface area contributed by atoms with Crippen molar-refractivity contribution in [3.8, 4) is 0 Å². The van der Waals surface area contributed by atoms with Crippen LogP contribution in [0.5, 0.6) is 0 Å². The molecule has 14 heavy (non-hydrogen) atoms. The molecule has 0 amide bonds. The van der Waals surface area contributed by atoms with E-state index >= 15 is 0 Å². The van der Waals surface area contributed by atoms with Crippen LogP contribution in [0.25, 0.3) is 0 Å². The monoisotopic (exact) mass is 235 g/mol. The van der Waals surface area contributed by atoms with Gasteiger partial charge >= 0.3 is 0 Å². The zero-order valence-electron chi connectivity index (χ0n) is 8.03. The lowest BCUT2D eigenvalue weighted by molar-refractivity contribution is 0.200. The van der Waals surface area contributed by atoms with E-state index in [1.54, 1.807) is 24.9 Å². The molecule has 0 spiro atoms. The van der Waals surface area contributed by atoms with Gasteiger partial charge in [-0.1, -0.05) is 0 Å². The van der Waals surface area contributed by atoms with Gasteiger partial charge in [0.2, 0.25) is 0 Å². The van der Waals surface area contributed by atoms with Gasteiger partial charge in [-0.05, 0) is 23.7 Å². The van der Waals surface area contributed by atoms with Gasteiger partial charge in [-0.2, -0.15) is 0 Å². The zero-order chi connectivity index (χ0) is 10.4. The summed E-state index contributed by atoms with van der Waals surface area (Å²) in [4.78, 5) is 0. The highest BCUT2D eigenvalue weighted by molar-refractivity contribution is 7.99. The van der Waals surface area contributed by atoms with Gasteiger partial charge in [-0.25, -0.2) is 0 Å². The number of nitrogens with two attached hydrogens (primary N) is 1. The van der Waals surface area contributed by atoms with Crippen molar-refractivity contribution < 1.29 is 9.15 Å². The van der Waals surface area contributed by atoms with E-state index in [-0.39, 0.29) is 0 Å². The molecule has 0 aliphatic carbocycles. The standard InChI is InChI=1S/C9H14ClNO2S/c1-12-5-8(4-11)14-6-7-2-3-9(10)13-7/h2-3,8H,4-6,11H2,1H3. The Hall–Kier alpha value is -0.160. The molecule has 0 bridgehead atoms. The maximum atomic E-state index is 5.65. The Morgan fingerprint density at radius 2 is 2.43 bits per heavy atom. The fourth-order valence-electron chi connectivity index (χ4n) is 0.999. The highest BCUT2D eigenvalue weighted by Crippen LogP contribution is 2.21. The molecule has 1 unspecified atom stereocenters. The topological polar surface area (TPSA) is 48.4 Å². The summed E-state index contributed by atoms with van der Waals surface area (Å²) in [7, 11) is 1.67. The largest absolute Gasteiger partial charge is 0.449 e. The first-order chi connectivity index (χ1) is 6.76. The number of hydrogen-bond acceptors (Lipinski definition) is 4. The molecule has 2 N–H and O–H groups in total. The second kappa shape index (κ2) is 6.35. The van der Waals surface area contributed by atoms with Crippen LogP contribution in [0.4, 0.5) is 0 Å². The van der Waals surface area contributed by atoms with Crippen molar-refractivity contribution in [2.24, 2.45) is 5.73 Å². The van der Waals surface area contributed by atoms with Crippen molar-refractivity contribution in [2.45, 2.75) is 11.0 Å². The first kappa shape index (κ1) is 11.9. The van der Waals surface area contributed by atoms with E-state index in [9.17, 15) is 0 Å². The SMILES string of the molecule is COCC(CN)SCc1ccc(Cl)o1. The summed E-state index contributed by atoms with van der Waals surface area (Å²) < 4.78 is 10.3. The number of halogens is 1. The highest BCUT2D eigenvalue weighted by atomic mass is 35.5. The smallest absolute Gasteiger partial charge is 0.193 e. The number of methoxy groups -OCH3 is 1. The summed E-state index contributed by atoms with van der Waals surface area (Å²) in [6.07, 6.45) is 0. The maximum absolute atomic E-state index is 5.65. The van der Waals surface area contributed by atoms with Crippen molar-refractivity contribution in [1.82, 2.24) is 0 Å². The summed E-state index contributed by atoms with van der Waals surface area (Å²) >= 11 is 7.36. The quantitative estimate of drug-likeness (QED) is 0.821. The van der Waals surface area contributed by atoms with Crippen LogP contribution in [0.2, 0.25) is 5.22 Å². The van der Waals surface area contributed by atoms with Gasteiger partial charge in [0.25, 0.3) is 0 Å². The molecule has 1 aromatic rings. The molecular formula is C9H14ClNO2S. The van der Waals surface area contributed by atoms with Crippen LogP contribution in [-0.4, -0.2) is 25.5 Å².